The van der Waals surface area contributed by atoms with Gasteiger partial charge in [-0.25, -0.2) is 0 Å². The molecule has 1 aliphatic rings. The second-order valence-electron chi connectivity index (χ2n) is 7.07. The number of carbonyl (C=O) groups excluding carboxylic acids is 1. The number of carbonyl (C=O) groups is 2. The van der Waals surface area contributed by atoms with E-state index in [9.17, 15) is 9.59 Å². The first-order valence-electron chi connectivity index (χ1n) is 8.66. The molecular formula is C19H28N2O3. The van der Waals surface area contributed by atoms with E-state index in [-0.39, 0.29) is 23.9 Å². The van der Waals surface area contributed by atoms with Crippen molar-refractivity contribution in [3.63, 3.8) is 0 Å². The van der Waals surface area contributed by atoms with Crippen molar-refractivity contribution in [3.05, 3.63) is 29.3 Å². The number of rotatable bonds is 5. The van der Waals surface area contributed by atoms with Gasteiger partial charge in [0.15, 0.2) is 0 Å². The van der Waals surface area contributed by atoms with Crippen molar-refractivity contribution in [2.24, 2.45) is 5.92 Å². The topological polar surface area (TPSA) is 69.6 Å². The number of amides is 1. The highest BCUT2D eigenvalue weighted by molar-refractivity contribution is 5.96. The molecule has 0 saturated heterocycles. The van der Waals surface area contributed by atoms with Gasteiger partial charge in [-0.05, 0) is 64.2 Å². The summed E-state index contributed by atoms with van der Waals surface area (Å²) in [7, 11) is 1.82. The number of benzene rings is 1. The van der Waals surface area contributed by atoms with Crippen molar-refractivity contribution < 1.29 is 14.7 Å². The van der Waals surface area contributed by atoms with E-state index in [1.165, 1.54) is 0 Å². The number of nitrogens with zero attached hydrogens (tertiary/aromatic N) is 1. The van der Waals surface area contributed by atoms with E-state index in [0.29, 0.717) is 12.8 Å². The van der Waals surface area contributed by atoms with Gasteiger partial charge in [-0.2, -0.15) is 0 Å². The van der Waals surface area contributed by atoms with Gasteiger partial charge in [-0.1, -0.05) is 6.07 Å². The summed E-state index contributed by atoms with van der Waals surface area (Å²) in [6.45, 7) is 5.94. The van der Waals surface area contributed by atoms with Gasteiger partial charge in [0, 0.05) is 30.4 Å². The maximum atomic E-state index is 12.6. The fourth-order valence-corrected chi connectivity index (χ4v) is 3.09. The zero-order valence-electron chi connectivity index (χ0n) is 15.0. The third-order valence-corrected chi connectivity index (χ3v) is 5.01. The van der Waals surface area contributed by atoms with Gasteiger partial charge in [-0.3, -0.25) is 9.59 Å². The van der Waals surface area contributed by atoms with E-state index in [2.05, 4.69) is 5.32 Å². The van der Waals surface area contributed by atoms with Crippen LogP contribution >= 0.6 is 0 Å². The van der Waals surface area contributed by atoms with Gasteiger partial charge < -0.3 is 15.3 Å². The van der Waals surface area contributed by atoms with Crippen molar-refractivity contribution in [3.8, 4) is 0 Å². The zero-order chi connectivity index (χ0) is 17.9. The molecule has 24 heavy (non-hydrogen) atoms. The number of carboxylic acid groups (broad SMARTS) is 1. The second kappa shape index (κ2) is 7.69. The molecule has 132 valence electrons. The average Bonchev–Trinajstić information content (AvgIpc) is 2.55. The van der Waals surface area contributed by atoms with Crippen LogP contribution < -0.4 is 5.32 Å². The minimum absolute atomic E-state index is 0.0285. The highest BCUT2D eigenvalue weighted by Gasteiger charge is 2.26. The summed E-state index contributed by atoms with van der Waals surface area (Å²) in [6.07, 6.45) is 3.11. The molecular weight excluding hydrogens is 304 g/mol. The van der Waals surface area contributed by atoms with Gasteiger partial charge in [0.2, 0.25) is 0 Å². The van der Waals surface area contributed by atoms with Gasteiger partial charge in [0.1, 0.15) is 0 Å². The monoisotopic (exact) mass is 332 g/mol. The lowest BCUT2D eigenvalue weighted by Crippen LogP contribution is -2.33. The van der Waals surface area contributed by atoms with Crippen molar-refractivity contribution in [2.75, 3.05) is 12.4 Å². The third-order valence-electron chi connectivity index (χ3n) is 5.01. The summed E-state index contributed by atoms with van der Waals surface area (Å²) in [4.78, 5) is 25.4. The minimum atomic E-state index is -0.687. The Hall–Kier alpha value is -2.04. The van der Waals surface area contributed by atoms with E-state index in [0.717, 1.165) is 29.7 Å². The maximum Gasteiger partial charge on any atom is 0.306 e. The van der Waals surface area contributed by atoms with Crippen molar-refractivity contribution in [2.45, 2.75) is 58.5 Å². The summed E-state index contributed by atoms with van der Waals surface area (Å²) in [6, 6.07) is 6.30. The van der Waals surface area contributed by atoms with Crippen molar-refractivity contribution >= 4 is 17.6 Å². The van der Waals surface area contributed by atoms with Crippen molar-refractivity contribution in [1.29, 1.82) is 0 Å². The van der Waals surface area contributed by atoms with Crippen LogP contribution in [0.5, 0.6) is 0 Å². The minimum Gasteiger partial charge on any atom is -0.481 e. The summed E-state index contributed by atoms with van der Waals surface area (Å²) in [5.74, 6) is -0.868. The van der Waals surface area contributed by atoms with Gasteiger partial charge >= 0.3 is 5.97 Å². The van der Waals surface area contributed by atoms with Crippen LogP contribution in [0.15, 0.2) is 18.2 Å². The largest absolute Gasteiger partial charge is 0.481 e. The lowest BCUT2D eigenvalue weighted by molar-refractivity contribution is -0.142. The molecule has 0 radical (unpaired) electrons. The summed E-state index contributed by atoms with van der Waals surface area (Å²) >= 11 is 0. The molecule has 0 aromatic heterocycles. The van der Waals surface area contributed by atoms with Crippen LogP contribution in [0.1, 0.15) is 55.5 Å². The Bertz CT molecular complexity index is 605. The molecule has 1 aromatic rings. The third kappa shape index (κ3) is 4.28. The molecule has 5 nitrogen and oxygen atoms in total. The molecule has 0 aliphatic heterocycles. The zero-order valence-corrected chi connectivity index (χ0v) is 15.0. The number of anilines is 1. The second-order valence-corrected chi connectivity index (χ2v) is 7.07. The molecule has 1 fully saturated rings. The Morgan fingerprint density at radius 2 is 1.83 bits per heavy atom. The standard InChI is InChI=1S/C19H28N2O3/c1-12(2)21(4)18(22)17-11-16(8-5-13(17)3)20-15-9-6-14(7-10-15)19(23)24/h5,8,11-12,14-15,20H,6-7,9-10H2,1-4H3,(H,23,24). The lowest BCUT2D eigenvalue weighted by atomic mass is 9.86. The fourth-order valence-electron chi connectivity index (χ4n) is 3.09. The first-order valence-corrected chi connectivity index (χ1v) is 8.66. The fraction of sp³-hybridized carbons (Fsp3) is 0.579. The molecule has 2 N–H and O–H groups in total. The predicted octanol–water partition coefficient (Wildman–Crippen LogP) is 3.53. The Kier molecular flexibility index (Phi) is 5.86. The lowest BCUT2D eigenvalue weighted by Gasteiger charge is -2.28. The Morgan fingerprint density at radius 1 is 1.21 bits per heavy atom. The van der Waals surface area contributed by atoms with Crippen LogP contribution in [0.3, 0.4) is 0 Å². The highest BCUT2D eigenvalue weighted by Crippen LogP contribution is 2.27. The van der Waals surface area contributed by atoms with Crippen LogP contribution in [0.2, 0.25) is 0 Å². The number of hydrogen-bond donors (Lipinski definition) is 2. The van der Waals surface area contributed by atoms with E-state index in [1.807, 2.05) is 46.0 Å². The van der Waals surface area contributed by atoms with Crippen LogP contribution in [-0.2, 0) is 4.79 Å². The maximum absolute atomic E-state index is 12.6. The molecule has 0 atom stereocenters. The van der Waals surface area contributed by atoms with E-state index in [1.54, 1.807) is 4.90 Å². The van der Waals surface area contributed by atoms with Gasteiger partial charge in [-0.15, -0.1) is 0 Å². The molecule has 1 aliphatic carbocycles. The first kappa shape index (κ1) is 18.3. The highest BCUT2D eigenvalue weighted by atomic mass is 16.4. The summed E-state index contributed by atoms with van der Waals surface area (Å²) < 4.78 is 0. The van der Waals surface area contributed by atoms with E-state index >= 15 is 0 Å². The number of aliphatic carboxylic acids is 1. The molecule has 5 heteroatoms. The molecule has 0 spiro atoms. The quantitative estimate of drug-likeness (QED) is 0.865. The van der Waals surface area contributed by atoms with Gasteiger partial charge in [0.25, 0.3) is 5.91 Å². The van der Waals surface area contributed by atoms with Crippen LogP contribution in [0.25, 0.3) is 0 Å². The smallest absolute Gasteiger partial charge is 0.306 e. The van der Waals surface area contributed by atoms with Crippen LogP contribution in [0, 0.1) is 12.8 Å². The molecule has 0 bridgehead atoms. The number of hydrogen-bond acceptors (Lipinski definition) is 3. The first-order chi connectivity index (χ1) is 11.3. The molecule has 1 saturated carbocycles. The molecule has 0 heterocycles. The predicted molar refractivity (Wildman–Crippen MR) is 95.4 cm³/mol. The molecule has 0 unspecified atom stereocenters. The van der Waals surface area contributed by atoms with E-state index in [4.69, 9.17) is 5.11 Å². The summed E-state index contributed by atoms with van der Waals surface area (Å²) in [5, 5.41) is 12.5. The van der Waals surface area contributed by atoms with Crippen LogP contribution in [0.4, 0.5) is 5.69 Å². The Balaban J connectivity index is 2.06. The molecule has 1 amide bonds. The normalized spacial score (nSPS) is 20.7. The SMILES string of the molecule is Cc1ccc(NC2CCC(C(=O)O)CC2)cc1C(=O)N(C)C(C)C. The van der Waals surface area contributed by atoms with E-state index < -0.39 is 5.97 Å². The van der Waals surface area contributed by atoms with Gasteiger partial charge in [0.05, 0.1) is 5.92 Å². The summed E-state index contributed by atoms with van der Waals surface area (Å²) in [5.41, 5.74) is 2.61. The number of aryl methyl sites for hydroxylation is 1. The number of nitrogens with one attached hydrogen (secondary N) is 1. The molecule has 1 aromatic carbocycles. The van der Waals surface area contributed by atoms with Crippen molar-refractivity contribution in [1.82, 2.24) is 4.90 Å². The molecule has 2 rings (SSSR count). The van der Waals surface area contributed by atoms with Crippen LogP contribution in [-0.4, -0.2) is 41.0 Å². The Labute approximate surface area is 144 Å². The average molecular weight is 332 g/mol. The Morgan fingerprint density at radius 3 is 2.38 bits per heavy atom. The number of carboxylic acids is 1.